The Bertz CT molecular complexity index is 1610. The van der Waals surface area contributed by atoms with E-state index in [1.807, 2.05) is 0 Å². The molecule has 0 saturated carbocycles. The average molecular weight is 563 g/mol. The van der Waals surface area contributed by atoms with Crippen molar-refractivity contribution in [2.45, 2.75) is 6.92 Å². The third-order valence-corrected chi connectivity index (χ3v) is 6.32. The van der Waals surface area contributed by atoms with Crippen molar-refractivity contribution in [2.75, 3.05) is 0 Å². The highest BCUT2D eigenvalue weighted by molar-refractivity contribution is 9.10. The second-order valence-corrected chi connectivity index (χ2v) is 8.98. The van der Waals surface area contributed by atoms with Gasteiger partial charge in [-0.3, -0.25) is 23.9 Å². The molecule has 0 aliphatic carbocycles. The normalized spacial score (nSPS) is 11.7. The number of aliphatic imine (C=N–C) groups is 1. The lowest BCUT2D eigenvalue weighted by Gasteiger charge is -2.12. The van der Waals surface area contributed by atoms with Crippen molar-refractivity contribution in [3.8, 4) is 11.6 Å². The first-order valence-electron chi connectivity index (χ1n) is 9.34. The first-order chi connectivity index (χ1) is 15.1. The highest BCUT2D eigenvalue weighted by atomic mass is 79.9. The van der Waals surface area contributed by atoms with E-state index in [9.17, 15) is 19.5 Å². The minimum Gasteiger partial charge on any atom is -0.493 e. The van der Waals surface area contributed by atoms with Crippen LogP contribution >= 0.6 is 31.9 Å². The van der Waals surface area contributed by atoms with Crippen molar-refractivity contribution in [2.24, 2.45) is 19.1 Å². The fourth-order valence-electron chi connectivity index (χ4n) is 3.49. The molecule has 2 N–H and O–H groups in total. The summed E-state index contributed by atoms with van der Waals surface area (Å²) >= 11 is 6.79. The number of benzene rings is 2. The molecule has 11 heteroatoms. The van der Waals surface area contributed by atoms with E-state index < -0.39 is 17.1 Å². The summed E-state index contributed by atoms with van der Waals surface area (Å²) in [5.74, 6) is -0.530. The molecule has 2 aromatic carbocycles. The van der Waals surface area contributed by atoms with Crippen LogP contribution in [0.3, 0.4) is 0 Å². The predicted molar refractivity (Wildman–Crippen MR) is 130 cm³/mol. The summed E-state index contributed by atoms with van der Waals surface area (Å²) in [5.41, 5.74) is 1.04. The molecule has 4 aromatic rings. The van der Waals surface area contributed by atoms with Gasteiger partial charge in [0.2, 0.25) is 5.88 Å². The van der Waals surface area contributed by atoms with Gasteiger partial charge in [0, 0.05) is 29.3 Å². The number of nitrogens with one attached hydrogen (secondary N) is 1. The number of hydrogen-bond acceptors (Lipinski definition) is 5. The number of hydrogen-bond donors (Lipinski definition) is 2. The van der Waals surface area contributed by atoms with E-state index in [2.05, 4.69) is 41.8 Å². The minimum absolute atomic E-state index is 0.180. The van der Waals surface area contributed by atoms with Gasteiger partial charge in [-0.25, -0.2) is 14.2 Å². The Morgan fingerprint density at radius 1 is 1.03 bits per heavy atom. The highest BCUT2D eigenvalue weighted by Gasteiger charge is 2.16. The van der Waals surface area contributed by atoms with Gasteiger partial charge in [0.25, 0.3) is 5.56 Å². The molecule has 32 heavy (non-hydrogen) atoms. The molecule has 2 heterocycles. The van der Waals surface area contributed by atoms with E-state index in [0.29, 0.717) is 32.4 Å². The Balaban J connectivity index is 1.88. The first-order valence-corrected chi connectivity index (χ1v) is 10.9. The van der Waals surface area contributed by atoms with Crippen molar-refractivity contribution in [3.05, 3.63) is 81.7 Å². The monoisotopic (exact) mass is 561 g/mol. The molecule has 2 aromatic heterocycles. The largest absolute Gasteiger partial charge is 0.493 e. The van der Waals surface area contributed by atoms with Gasteiger partial charge >= 0.3 is 11.4 Å². The van der Waals surface area contributed by atoms with E-state index in [1.165, 1.54) is 15.3 Å². The van der Waals surface area contributed by atoms with Gasteiger partial charge in [-0.2, -0.15) is 0 Å². The van der Waals surface area contributed by atoms with Crippen LogP contribution in [0.15, 0.2) is 58.7 Å². The summed E-state index contributed by atoms with van der Waals surface area (Å²) < 4.78 is 5.43. The molecular weight excluding hydrogens is 546 g/mol. The second kappa shape index (κ2) is 8.06. The number of halogens is 2. The first kappa shape index (κ1) is 22.0. The molecule has 0 amide bonds. The van der Waals surface area contributed by atoms with Crippen LogP contribution in [0.2, 0.25) is 0 Å². The Kier molecular flexibility index (Phi) is 5.55. The van der Waals surface area contributed by atoms with E-state index in [4.69, 9.17) is 0 Å². The molecule has 0 aliphatic heterocycles. The average Bonchev–Trinajstić information content (AvgIpc) is 2.93. The van der Waals surface area contributed by atoms with Crippen molar-refractivity contribution in [1.29, 1.82) is 0 Å². The molecule has 0 radical (unpaired) electrons. The van der Waals surface area contributed by atoms with E-state index in [-0.39, 0.29) is 11.3 Å². The molecule has 4 rings (SSSR count). The minimum atomic E-state index is -0.772. The zero-order valence-electron chi connectivity index (χ0n) is 17.2. The fourth-order valence-corrected chi connectivity index (χ4v) is 4.40. The van der Waals surface area contributed by atoms with Gasteiger partial charge in [-0.05, 0) is 58.7 Å². The molecule has 164 valence electrons. The lowest BCUT2D eigenvalue weighted by molar-refractivity contribution is 0.430. The summed E-state index contributed by atoms with van der Waals surface area (Å²) in [4.78, 5) is 43.6. The number of aromatic nitrogens is 4. The van der Waals surface area contributed by atoms with Gasteiger partial charge in [0.05, 0.1) is 22.4 Å². The Labute approximate surface area is 197 Å². The summed E-state index contributed by atoms with van der Waals surface area (Å²) in [5, 5.41) is 10.8. The number of aryl methyl sites for hydroxylation is 3. The van der Waals surface area contributed by atoms with Gasteiger partial charge in [0.15, 0.2) is 0 Å². The van der Waals surface area contributed by atoms with Crippen LogP contribution in [0.4, 0.5) is 5.69 Å². The number of H-pyrrole nitrogens is 1. The van der Waals surface area contributed by atoms with Crippen LogP contribution in [0, 0.1) is 6.92 Å². The number of fused-ring (bicyclic) bond motifs is 1. The van der Waals surface area contributed by atoms with Crippen molar-refractivity contribution < 1.29 is 5.11 Å². The summed E-state index contributed by atoms with van der Waals surface area (Å²) in [6.07, 6.45) is 1.19. The van der Waals surface area contributed by atoms with E-state index in [0.717, 1.165) is 9.04 Å². The Hall–Kier alpha value is -3.18. The van der Waals surface area contributed by atoms with Crippen LogP contribution in [-0.2, 0) is 14.1 Å². The number of aromatic amines is 1. The predicted octanol–water partition coefficient (Wildman–Crippen LogP) is 3.01. The molecule has 9 nitrogen and oxygen atoms in total. The second-order valence-electron chi connectivity index (χ2n) is 7.21. The maximum atomic E-state index is 12.4. The van der Waals surface area contributed by atoms with Crippen LogP contribution in [0.25, 0.3) is 16.7 Å². The van der Waals surface area contributed by atoms with Crippen molar-refractivity contribution in [1.82, 2.24) is 18.7 Å². The van der Waals surface area contributed by atoms with Crippen LogP contribution in [0.5, 0.6) is 5.88 Å². The number of imidazole rings is 1. The molecule has 0 aliphatic rings. The highest BCUT2D eigenvalue weighted by Crippen LogP contribution is 2.30. The molecule has 0 saturated heterocycles. The van der Waals surface area contributed by atoms with Gasteiger partial charge in [-0.1, -0.05) is 15.9 Å². The lowest BCUT2D eigenvalue weighted by atomic mass is 10.2. The van der Waals surface area contributed by atoms with Crippen LogP contribution in [0.1, 0.15) is 11.1 Å². The zero-order valence-corrected chi connectivity index (χ0v) is 20.4. The van der Waals surface area contributed by atoms with Crippen molar-refractivity contribution in [3.63, 3.8) is 0 Å². The molecule has 0 spiro atoms. The maximum Gasteiger partial charge on any atom is 0.335 e. The molecule has 0 unspecified atom stereocenters. The third kappa shape index (κ3) is 3.56. The van der Waals surface area contributed by atoms with Gasteiger partial charge in [0.1, 0.15) is 5.56 Å². The maximum absolute atomic E-state index is 12.4. The fraction of sp³-hybridized carbons (Fsp3) is 0.143. The lowest BCUT2D eigenvalue weighted by Crippen LogP contribution is -2.31. The number of aromatic hydroxyl groups is 1. The summed E-state index contributed by atoms with van der Waals surface area (Å²) in [6, 6.07) is 8.61. The molecule has 0 fully saturated rings. The number of nitrogens with zero attached hydrogens (tertiary/aromatic N) is 4. The van der Waals surface area contributed by atoms with E-state index in [1.54, 1.807) is 51.4 Å². The third-order valence-electron chi connectivity index (χ3n) is 5.19. The van der Waals surface area contributed by atoms with Crippen molar-refractivity contribution >= 4 is 54.8 Å². The summed E-state index contributed by atoms with van der Waals surface area (Å²) in [6.45, 7) is 1.78. The SMILES string of the molecule is Cc1cc(Br)ccc1-n1c(O)c(C=Nc2cc3c(cc2Br)n(C)c(=O)n3C)c(=O)[nH]c1=O. The van der Waals surface area contributed by atoms with Crippen LogP contribution in [-0.4, -0.2) is 30.0 Å². The van der Waals surface area contributed by atoms with Crippen LogP contribution < -0.4 is 16.9 Å². The van der Waals surface area contributed by atoms with Gasteiger partial charge in [-0.15, -0.1) is 0 Å². The smallest absolute Gasteiger partial charge is 0.335 e. The molecular formula is C21H17Br2N5O4. The quantitative estimate of drug-likeness (QED) is 0.373. The van der Waals surface area contributed by atoms with E-state index >= 15 is 0 Å². The Morgan fingerprint density at radius 3 is 2.34 bits per heavy atom. The standard InChI is InChI=1S/C21H17Br2N5O4/c1-10-6-11(22)4-5-15(10)28-19(30)12(18(29)25-20(28)31)9-24-14-8-17-16(7-13(14)23)26(2)21(32)27(17)3/h4-9,30H,1-3H3,(H,25,29,31). The molecule has 0 bridgehead atoms. The van der Waals surface area contributed by atoms with Gasteiger partial charge < -0.3 is 5.11 Å². The zero-order chi connectivity index (χ0) is 23.3. The topological polar surface area (TPSA) is 114 Å². The molecule has 0 atom stereocenters. The number of rotatable bonds is 3. The summed E-state index contributed by atoms with van der Waals surface area (Å²) in [7, 11) is 3.32. The Morgan fingerprint density at radius 2 is 1.69 bits per heavy atom.